The molecular formula is C16H17N3O. The van der Waals surface area contributed by atoms with Crippen molar-refractivity contribution < 1.29 is 4.74 Å². The zero-order valence-corrected chi connectivity index (χ0v) is 12.1. The van der Waals surface area contributed by atoms with Crippen molar-refractivity contribution in [2.75, 3.05) is 0 Å². The summed E-state index contributed by atoms with van der Waals surface area (Å²) in [7, 11) is 0. The molecule has 0 fully saturated rings. The van der Waals surface area contributed by atoms with E-state index >= 15 is 0 Å². The van der Waals surface area contributed by atoms with Gasteiger partial charge in [-0.2, -0.15) is 10.2 Å². The van der Waals surface area contributed by atoms with Crippen molar-refractivity contribution in [1.29, 1.82) is 5.26 Å². The Bertz CT molecular complexity index is 672. The summed E-state index contributed by atoms with van der Waals surface area (Å²) in [5, 5.41) is 8.90. The van der Waals surface area contributed by atoms with Gasteiger partial charge in [-0.1, -0.05) is 19.9 Å². The van der Waals surface area contributed by atoms with Gasteiger partial charge in [-0.05, 0) is 49.1 Å². The lowest BCUT2D eigenvalue weighted by atomic mass is 9.98. The van der Waals surface area contributed by atoms with Crippen LogP contribution in [0.4, 0.5) is 0 Å². The molecule has 1 aromatic carbocycles. The van der Waals surface area contributed by atoms with E-state index in [1.165, 1.54) is 11.1 Å². The first-order chi connectivity index (χ1) is 9.49. The van der Waals surface area contributed by atoms with Crippen LogP contribution in [0.1, 0.15) is 42.3 Å². The predicted molar refractivity (Wildman–Crippen MR) is 76.8 cm³/mol. The van der Waals surface area contributed by atoms with E-state index in [0.717, 1.165) is 0 Å². The van der Waals surface area contributed by atoms with E-state index in [0.29, 0.717) is 23.1 Å². The first kappa shape index (κ1) is 14.0. The molecule has 1 aromatic heterocycles. The van der Waals surface area contributed by atoms with Gasteiger partial charge in [0.15, 0.2) is 0 Å². The van der Waals surface area contributed by atoms with Crippen molar-refractivity contribution in [3.8, 4) is 17.8 Å². The first-order valence-electron chi connectivity index (χ1n) is 6.54. The number of aromatic nitrogens is 2. The third-order valence-corrected chi connectivity index (χ3v) is 3.02. The standard InChI is InChI=1S/C16H17N3O/c1-10(2)15-6-5-14(7-11(15)3)20-16-18-12(4)8-13(9-17)19-16/h5-8,10H,1-4H3. The largest absolute Gasteiger partial charge is 0.424 e. The van der Waals surface area contributed by atoms with Crippen LogP contribution in [0.2, 0.25) is 0 Å². The van der Waals surface area contributed by atoms with E-state index in [9.17, 15) is 0 Å². The van der Waals surface area contributed by atoms with Gasteiger partial charge >= 0.3 is 6.01 Å². The number of ether oxygens (including phenoxy) is 1. The van der Waals surface area contributed by atoms with Crippen LogP contribution in [0, 0.1) is 25.2 Å². The minimum Gasteiger partial charge on any atom is -0.424 e. The van der Waals surface area contributed by atoms with Crippen molar-refractivity contribution in [2.45, 2.75) is 33.6 Å². The summed E-state index contributed by atoms with van der Waals surface area (Å²) in [6, 6.07) is 9.75. The number of hydrogen-bond acceptors (Lipinski definition) is 4. The van der Waals surface area contributed by atoms with Crippen molar-refractivity contribution in [3.63, 3.8) is 0 Å². The van der Waals surface area contributed by atoms with E-state index in [2.05, 4.69) is 36.8 Å². The fraction of sp³-hybridized carbons (Fsp3) is 0.312. The minimum absolute atomic E-state index is 0.207. The maximum atomic E-state index is 8.90. The zero-order valence-electron chi connectivity index (χ0n) is 12.1. The fourth-order valence-electron chi connectivity index (χ4n) is 2.11. The Morgan fingerprint density at radius 3 is 2.50 bits per heavy atom. The lowest BCUT2D eigenvalue weighted by Crippen LogP contribution is -1.98. The number of rotatable bonds is 3. The molecule has 0 bridgehead atoms. The normalized spacial score (nSPS) is 10.4. The van der Waals surface area contributed by atoms with E-state index in [1.807, 2.05) is 25.1 Å². The summed E-state index contributed by atoms with van der Waals surface area (Å²) >= 11 is 0. The molecule has 0 aliphatic heterocycles. The molecule has 0 spiro atoms. The second-order valence-corrected chi connectivity index (χ2v) is 5.06. The molecule has 0 aliphatic rings. The van der Waals surface area contributed by atoms with Crippen LogP contribution in [0.25, 0.3) is 0 Å². The third kappa shape index (κ3) is 3.12. The molecule has 20 heavy (non-hydrogen) atoms. The highest BCUT2D eigenvalue weighted by Gasteiger charge is 2.08. The molecule has 4 heteroatoms. The smallest absolute Gasteiger partial charge is 0.323 e. The lowest BCUT2D eigenvalue weighted by molar-refractivity contribution is 0.439. The molecule has 2 rings (SSSR count). The van der Waals surface area contributed by atoms with Crippen molar-refractivity contribution >= 4 is 0 Å². The quantitative estimate of drug-likeness (QED) is 0.846. The highest BCUT2D eigenvalue weighted by molar-refractivity contribution is 5.37. The SMILES string of the molecule is Cc1cc(C#N)nc(Oc2ccc(C(C)C)c(C)c2)n1. The van der Waals surface area contributed by atoms with Crippen LogP contribution < -0.4 is 4.74 Å². The van der Waals surface area contributed by atoms with Crippen molar-refractivity contribution in [2.24, 2.45) is 0 Å². The van der Waals surface area contributed by atoms with Gasteiger partial charge < -0.3 is 4.74 Å². The van der Waals surface area contributed by atoms with Gasteiger partial charge in [-0.25, -0.2) is 4.98 Å². The molecule has 0 atom stereocenters. The number of nitrogens with zero attached hydrogens (tertiary/aromatic N) is 3. The molecule has 0 radical (unpaired) electrons. The van der Waals surface area contributed by atoms with Gasteiger partial charge in [0.25, 0.3) is 0 Å². The van der Waals surface area contributed by atoms with E-state index in [4.69, 9.17) is 10.00 Å². The molecule has 0 saturated carbocycles. The van der Waals surface area contributed by atoms with Crippen LogP contribution in [0.5, 0.6) is 11.8 Å². The monoisotopic (exact) mass is 267 g/mol. The van der Waals surface area contributed by atoms with Gasteiger partial charge in [0.2, 0.25) is 0 Å². The van der Waals surface area contributed by atoms with Crippen molar-refractivity contribution in [3.05, 3.63) is 46.8 Å². The average Bonchev–Trinajstić information content (AvgIpc) is 2.37. The number of nitriles is 1. The van der Waals surface area contributed by atoms with E-state index in [-0.39, 0.29) is 6.01 Å². The maximum Gasteiger partial charge on any atom is 0.323 e. The summed E-state index contributed by atoms with van der Waals surface area (Å²) in [6.45, 7) is 8.18. The summed E-state index contributed by atoms with van der Waals surface area (Å²) in [5.41, 5.74) is 3.48. The first-order valence-corrected chi connectivity index (χ1v) is 6.54. The molecule has 0 N–H and O–H groups in total. The van der Waals surface area contributed by atoms with Crippen molar-refractivity contribution in [1.82, 2.24) is 9.97 Å². The molecule has 1 heterocycles. The van der Waals surface area contributed by atoms with Gasteiger partial charge in [0.1, 0.15) is 17.5 Å². The van der Waals surface area contributed by atoms with Crippen LogP contribution in [-0.2, 0) is 0 Å². The summed E-state index contributed by atoms with van der Waals surface area (Å²) in [4.78, 5) is 8.22. The summed E-state index contributed by atoms with van der Waals surface area (Å²) in [5.74, 6) is 1.16. The third-order valence-electron chi connectivity index (χ3n) is 3.02. The van der Waals surface area contributed by atoms with Crippen LogP contribution >= 0.6 is 0 Å². The maximum absolute atomic E-state index is 8.90. The number of hydrogen-bond donors (Lipinski definition) is 0. The second kappa shape index (κ2) is 5.70. The predicted octanol–water partition coefficient (Wildman–Crippen LogP) is 3.88. The number of benzene rings is 1. The Hall–Kier alpha value is -2.41. The average molecular weight is 267 g/mol. The lowest BCUT2D eigenvalue weighted by Gasteiger charge is -2.11. The van der Waals surface area contributed by atoms with Crippen LogP contribution in [-0.4, -0.2) is 9.97 Å². The Balaban J connectivity index is 2.29. The topological polar surface area (TPSA) is 58.8 Å². The fourth-order valence-corrected chi connectivity index (χ4v) is 2.11. The highest BCUT2D eigenvalue weighted by atomic mass is 16.5. The Kier molecular flexibility index (Phi) is 3.99. The van der Waals surface area contributed by atoms with Gasteiger partial charge in [0.05, 0.1) is 0 Å². The summed E-state index contributed by atoms with van der Waals surface area (Å²) < 4.78 is 5.64. The molecule has 0 amide bonds. The van der Waals surface area contributed by atoms with E-state index < -0.39 is 0 Å². The van der Waals surface area contributed by atoms with E-state index in [1.54, 1.807) is 6.07 Å². The van der Waals surface area contributed by atoms with Crippen LogP contribution in [0.15, 0.2) is 24.3 Å². The minimum atomic E-state index is 0.207. The Morgan fingerprint density at radius 2 is 1.90 bits per heavy atom. The molecule has 2 aromatic rings. The molecule has 0 aliphatic carbocycles. The highest BCUT2D eigenvalue weighted by Crippen LogP contribution is 2.25. The molecular weight excluding hydrogens is 250 g/mol. The second-order valence-electron chi connectivity index (χ2n) is 5.06. The molecule has 0 saturated heterocycles. The van der Waals surface area contributed by atoms with Gasteiger partial charge in [-0.15, -0.1) is 0 Å². The Morgan fingerprint density at radius 1 is 1.15 bits per heavy atom. The van der Waals surface area contributed by atoms with Crippen LogP contribution in [0.3, 0.4) is 0 Å². The summed E-state index contributed by atoms with van der Waals surface area (Å²) in [6.07, 6.45) is 0. The zero-order chi connectivity index (χ0) is 14.7. The number of aryl methyl sites for hydroxylation is 2. The van der Waals surface area contributed by atoms with Gasteiger partial charge in [0, 0.05) is 5.69 Å². The van der Waals surface area contributed by atoms with Gasteiger partial charge in [-0.3, -0.25) is 0 Å². The Labute approximate surface area is 119 Å². The molecule has 0 unspecified atom stereocenters. The molecule has 102 valence electrons. The molecule has 4 nitrogen and oxygen atoms in total.